The van der Waals surface area contributed by atoms with E-state index >= 15 is 0 Å². The molecule has 0 unspecified atom stereocenters. The monoisotopic (exact) mass is 333 g/mol. The van der Waals surface area contributed by atoms with Gasteiger partial charge in [-0.15, -0.1) is 0 Å². The molecule has 7 heteroatoms. The molecule has 3 fully saturated rings. The van der Waals surface area contributed by atoms with Crippen LogP contribution < -0.4 is 0 Å². The maximum absolute atomic E-state index is 14.4. The summed E-state index contributed by atoms with van der Waals surface area (Å²) in [5, 5.41) is 0. The van der Waals surface area contributed by atoms with Crippen molar-refractivity contribution in [2.24, 2.45) is 0 Å². The second-order valence-electron chi connectivity index (χ2n) is 6.83. The van der Waals surface area contributed by atoms with E-state index in [1.807, 2.05) is 12.1 Å². The standard InChI is InChI=1S/C17H20FN3O3/c18-17(4-2-5-17)16(23)20-9-13-14(10-20)24-11-15(22)21(13)8-12-3-1-6-19-7-12/h1,3,6-7,13-14H,2,4-5,8-11H2/t13-,14-/m1/s1. The minimum absolute atomic E-state index is 0.00419. The van der Waals surface area contributed by atoms with Gasteiger partial charge in [0.15, 0.2) is 5.67 Å². The van der Waals surface area contributed by atoms with Crippen LogP contribution in [0.2, 0.25) is 0 Å². The van der Waals surface area contributed by atoms with Crippen molar-refractivity contribution in [1.82, 2.24) is 14.8 Å². The molecule has 3 aliphatic rings. The van der Waals surface area contributed by atoms with Crippen LogP contribution in [0.3, 0.4) is 0 Å². The summed E-state index contributed by atoms with van der Waals surface area (Å²) in [6, 6.07) is 3.51. The van der Waals surface area contributed by atoms with E-state index in [4.69, 9.17) is 4.74 Å². The Kier molecular flexibility index (Phi) is 3.75. The third-order valence-corrected chi connectivity index (χ3v) is 5.27. The summed E-state index contributed by atoms with van der Waals surface area (Å²) >= 11 is 0. The summed E-state index contributed by atoms with van der Waals surface area (Å²) in [6.07, 6.45) is 4.52. The Morgan fingerprint density at radius 1 is 1.42 bits per heavy atom. The number of amides is 2. The lowest BCUT2D eigenvalue weighted by atomic mass is 9.81. The van der Waals surface area contributed by atoms with Crippen molar-refractivity contribution in [3.8, 4) is 0 Å². The molecule has 128 valence electrons. The fourth-order valence-electron chi connectivity index (χ4n) is 3.71. The second kappa shape index (κ2) is 5.81. The van der Waals surface area contributed by atoms with Gasteiger partial charge in [0.1, 0.15) is 6.61 Å². The van der Waals surface area contributed by atoms with Gasteiger partial charge in [0, 0.05) is 32.0 Å². The molecule has 1 aliphatic carbocycles. The summed E-state index contributed by atoms with van der Waals surface area (Å²) in [5.41, 5.74) is -0.775. The average Bonchev–Trinajstić information content (AvgIpc) is 3.00. The molecule has 0 aromatic carbocycles. The minimum atomic E-state index is -1.70. The van der Waals surface area contributed by atoms with Crippen LogP contribution in [0.25, 0.3) is 0 Å². The van der Waals surface area contributed by atoms with E-state index in [2.05, 4.69) is 4.98 Å². The average molecular weight is 333 g/mol. The van der Waals surface area contributed by atoms with E-state index in [1.54, 1.807) is 17.3 Å². The molecular weight excluding hydrogens is 313 g/mol. The van der Waals surface area contributed by atoms with E-state index < -0.39 is 11.6 Å². The zero-order valence-corrected chi connectivity index (χ0v) is 13.4. The van der Waals surface area contributed by atoms with E-state index in [9.17, 15) is 14.0 Å². The van der Waals surface area contributed by atoms with Gasteiger partial charge in [-0.25, -0.2) is 4.39 Å². The topological polar surface area (TPSA) is 62.7 Å². The lowest BCUT2D eigenvalue weighted by molar-refractivity contribution is -0.153. The Morgan fingerprint density at radius 2 is 2.25 bits per heavy atom. The van der Waals surface area contributed by atoms with Gasteiger partial charge in [-0.3, -0.25) is 14.6 Å². The fourth-order valence-corrected chi connectivity index (χ4v) is 3.71. The van der Waals surface area contributed by atoms with Crippen LogP contribution in [0.5, 0.6) is 0 Å². The van der Waals surface area contributed by atoms with Gasteiger partial charge in [0.05, 0.1) is 12.1 Å². The number of carbonyl (C=O) groups excluding carboxylic acids is 2. The molecule has 4 rings (SSSR count). The number of pyridine rings is 1. The number of hydrogen-bond donors (Lipinski definition) is 0. The molecule has 2 atom stereocenters. The van der Waals surface area contributed by atoms with Crippen LogP contribution in [0.4, 0.5) is 4.39 Å². The fraction of sp³-hybridized carbons (Fsp3) is 0.588. The van der Waals surface area contributed by atoms with Crippen LogP contribution >= 0.6 is 0 Å². The normalized spacial score (nSPS) is 28.5. The number of ether oxygens (including phenoxy) is 1. The third kappa shape index (κ3) is 2.56. The molecular formula is C17H20FN3O3. The number of rotatable bonds is 3. The summed E-state index contributed by atoms with van der Waals surface area (Å²) in [6.45, 7) is 1.12. The summed E-state index contributed by atoms with van der Waals surface area (Å²) in [4.78, 5) is 32.0. The highest BCUT2D eigenvalue weighted by atomic mass is 19.1. The van der Waals surface area contributed by atoms with Gasteiger partial charge in [0.25, 0.3) is 5.91 Å². The van der Waals surface area contributed by atoms with E-state index in [1.165, 1.54) is 4.90 Å². The Morgan fingerprint density at radius 3 is 2.92 bits per heavy atom. The molecule has 1 saturated carbocycles. The quantitative estimate of drug-likeness (QED) is 0.825. The van der Waals surface area contributed by atoms with Crippen LogP contribution in [0.1, 0.15) is 24.8 Å². The number of hydrogen-bond acceptors (Lipinski definition) is 4. The Hall–Kier alpha value is -2.02. The van der Waals surface area contributed by atoms with Crippen molar-refractivity contribution in [2.75, 3.05) is 19.7 Å². The van der Waals surface area contributed by atoms with Gasteiger partial charge in [-0.05, 0) is 30.9 Å². The summed E-state index contributed by atoms with van der Waals surface area (Å²) in [5.74, 6) is -0.548. The van der Waals surface area contributed by atoms with Crippen LogP contribution in [-0.2, 0) is 20.9 Å². The third-order valence-electron chi connectivity index (χ3n) is 5.27. The van der Waals surface area contributed by atoms with Crippen molar-refractivity contribution >= 4 is 11.8 Å². The maximum atomic E-state index is 14.4. The van der Waals surface area contributed by atoms with E-state index in [-0.39, 0.29) is 24.7 Å². The Balaban J connectivity index is 1.50. The SMILES string of the molecule is O=C1CO[C@@H]2CN(C(=O)C3(F)CCC3)C[C@H]2N1Cc1cccnc1. The molecule has 0 radical (unpaired) electrons. The predicted octanol–water partition coefficient (Wildman–Crippen LogP) is 0.912. The number of alkyl halides is 1. The first-order chi connectivity index (χ1) is 11.6. The highest BCUT2D eigenvalue weighted by molar-refractivity contribution is 5.87. The lowest BCUT2D eigenvalue weighted by Gasteiger charge is -2.37. The zero-order chi connectivity index (χ0) is 16.7. The van der Waals surface area contributed by atoms with E-state index in [0.717, 1.165) is 12.0 Å². The molecule has 3 heterocycles. The lowest BCUT2D eigenvalue weighted by Crippen LogP contribution is -2.53. The first-order valence-electron chi connectivity index (χ1n) is 8.35. The number of likely N-dealkylation sites (tertiary alicyclic amines) is 1. The molecule has 0 bridgehead atoms. The number of aromatic nitrogens is 1. The zero-order valence-electron chi connectivity index (χ0n) is 13.4. The van der Waals surface area contributed by atoms with Crippen molar-refractivity contribution in [2.45, 2.75) is 43.6 Å². The molecule has 2 aliphatic heterocycles. The number of nitrogens with zero attached hydrogens (tertiary/aromatic N) is 3. The Bertz CT molecular complexity index is 650. The van der Waals surface area contributed by atoms with E-state index in [0.29, 0.717) is 32.5 Å². The molecule has 1 aromatic heterocycles. The maximum Gasteiger partial charge on any atom is 0.260 e. The highest BCUT2D eigenvalue weighted by Crippen LogP contribution is 2.39. The molecule has 24 heavy (non-hydrogen) atoms. The largest absolute Gasteiger partial charge is 0.364 e. The summed E-state index contributed by atoms with van der Waals surface area (Å²) in [7, 11) is 0. The molecule has 2 saturated heterocycles. The van der Waals surface area contributed by atoms with Crippen molar-refractivity contribution in [3.63, 3.8) is 0 Å². The molecule has 6 nitrogen and oxygen atoms in total. The predicted molar refractivity (Wildman–Crippen MR) is 82.6 cm³/mol. The van der Waals surface area contributed by atoms with Gasteiger partial charge >= 0.3 is 0 Å². The van der Waals surface area contributed by atoms with Crippen LogP contribution in [0, 0.1) is 0 Å². The van der Waals surface area contributed by atoms with Gasteiger partial charge in [0.2, 0.25) is 5.91 Å². The van der Waals surface area contributed by atoms with Gasteiger partial charge in [-0.2, -0.15) is 0 Å². The van der Waals surface area contributed by atoms with Crippen LogP contribution in [-0.4, -0.2) is 64.1 Å². The second-order valence-corrected chi connectivity index (χ2v) is 6.83. The first-order valence-corrected chi connectivity index (χ1v) is 8.35. The number of carbonyl (C=O) groups is 2. The number of morpholine rings is 1. The van der Waals surface area contributed by atoms with Crippen molar-refractivity contribution in [3.05, 3.63) is 30.1 Å². The van der Waals surface area contributed by atoms with Gasteiger partial charge < -0.3 is 14.5 Å². The molecule has 0 N–H and O–H groups in total. The van der Waals surface area contributed by atoms with Crippen LogP contribution in [0.15, 0.2) is 24.5 Å². The number of halogens is 1. The molecule has 1 aromatic rings. The van der Waals surface area contributed by atoms with Crippen molar-refractivity contribution in [1.29, 1.82) is 0 Å². The van der Waals surface area contributed by atoms with Crippen molar-refractivity contribution < 1.29 is 18.7 Å². The molecule has 2 amide bonds. The molecule has 0 spiro atoms. The number of fused-ring (bicyclic) bond motifs is 1. The smallest absolute Gasteiger partial charge is 0.260 e. The minimum Gasteiger partial charge on any atom is -0.364 e. The van der Waals surface area contributed by atoms with Gasteiger partial charge in [-0.1, -0.05) is 6.07 Å². The Labute approximate surface area is 139 Å². The first kappa shape index (κ1) is 15.5. The highest BCUT2D eigenvalue weighted by Gasteiger charge is 2.52. The summed E-state index contributed by atoms with van der Waals surface area (Å²) < 4.78 is 20.0.